The van der Waals surface area contributed by atoms with Crippen molar-refractivity contribution in [2.24, 2.45) is 0 Å². The standard InChI is InChI=1S/C22H19NO6/c1-3-15-8-18-16(9-21(25)29-20(18)10-19(15)24)12-27-22(26)13(2)28-17-6-4-14(11-23)5-7-17/h4-10,13,24H,3,12H2,1-2H3/t13-/m0/s1. The molecule has 3 aromatic rings. The van der Waals surface area contributed by atoms with Gasteiger partial charge >= 0.3 is 11.6 Å². The van der Waals surface area contributed by atoms with Gasteiger partial charge in [-0.1, -0.05) is 6.92 Å². The number of phenolic OH excluding ortho intramolecular Hbond substituents is 1. The second-order valence-corrected chi connectivity index (χ2v) is 6.43. The average molecular weight is 393 g/mol. The van der Waals surface area contributed by atoms with Gasteiger partial charge in [-0.25, -0.2) is 9.59 Å². The lowest BCUT2D eigenvalue weighted by Crippen LogP contribution is -2.26. The van der Waals surface area contributed by atoms with Crippen molar-refractivity contribution in [2.75, 3.05) is 0 Å². The van der Waals surface area contributed by atoms with E-state index in [0.29, 0.717) is 34.2 Å². The molecule has 3 rings (SSSR count). The number of carbonyl (C=O) groups excluding carboxylic acids is 1. The number of rotatable bonds is 6. The van der Waals surface area contributed by atoms with Crippen molar-refractivity contribution in [1.82, 2.24) is 0 Å². The summed E-state index contributed by atoms with van der Waals surface area (Å²) in [4.78, 5) is 24.1. The monoisotopic (exact) mass is 393 g/mol. The Hall–Kier alpha value is -3.79. The van der Waals surface area contributed by atoms with Crippen molar-refractivity contribution >= 4 is 16.9 Å². The number of hydrogen-bond donors (Lipinski definition) is 1. The van der Waals surface area contributed by atoms with Crippen LogP contribution >= 0.6 is 0 Å². The summed E-state index contributed by atoms with van der Waals surface area (Å²) in [7, 11) is 0. The predicted molar refractivity (Wildman–Crippen MR) is 105 cm³/mol. The number of aromatic hydroxyl groups is 1. The van der Waals surface area contributed by atoms with Gasteiger partial charge < -0.3 is 19.0 Å². The third-order valence-electron chi connectivity index (χ3n) is 4.41. The van der Waals surface area contributed by atoms with Gasteiger partial charge in [0.25, 0.3) is 0 Å². The second kappa shape index (κ2) is 8.48. The van der Waals surface area contributed by atoms with Gasteiger partial charge in [-0.05, 0) is 49.2 Å². The van der Waals surface area contributed by atoms with Crippen LogP contribution in [0.2, 0.25) is 0 Å². The number of hydrogen-bond acceptors (Lipinski definition) is 7. The summed E-state index contributed by atoms with van der Waals surface area (Å²) < 4.78 is 16.0. The van der Waals surface area contributed by atoms with Crippen LogP contribution in [0.5, 0.6) is 11.5 Å². The van der Waals surface area contributed by atoms with Crippen molar-refractivity contribution in [3.05, 3.63) is 69.6 Å². The maximum absolute atomic E-state index is 12.3. The molecule has 1 atom stereocenters. The Morgan fingerprint density at radius 2 is 1.93 bits per heavy atom. The molecule has 0 bridgehead atoms. The van der Waals surface area contributed by atoms with Gasteiger partial charge in [-0.2, -0.15) is 5.26 Å². The SMILES string of the molecule is CCc1cc2c(COC(=O)[C@H](C)Oc3ccc(C#N)cc3)cc(=O)oc2cc1O. The summed E-state index contributed by atoms with van der Waals surface area (Å²) in [5, 5.41) is 19.4. The molecule has 0 aliphatic heterocycles. The van der Waals surface area contributed by atoms with E-state index in [1.54, 1.807) is 37.3 Å². The minimum absolute atomic E-state index is 0.0433. The predicted octanol–water partition coefficient (Wildman–Crippen LogP) is 3.44. The van der Waals surface area contributed by atoms with E-state index in [4.69, 9.17) is 19.2 Å². The summed E-state index contributed by atoms with van der Waals surface area (Å²) in [5.41, 5.74) is 1.27. The third-order valence-corrected chi connectivity index (χ3v) is 4.41. The van der Waals surface area contributed by atoms with Crippen LogP contribution in [-0.4, -0.2) is 17.2 Å². The highest BCUT2D eigenvalue weighted by atomic mass is 16.6. The molecule has 0 radical (unpaired) electrons. The molecule has 1 heterocycles. The van der Waals surface area contributed by atoms with Crippen molar-refractivity contribution in [1.29, 1.82) is 5.26 Å². The molecule has 1 N–H and O–H groups in total. The lowest BCUT2D eigenvalue weighted by Gasteiger charge is -2.14. The highest BCUT2D eigenvalue weighted by Gasteiger charge is 2.18. The first kappa shape index (κ1) is 20.0. The highest BCUT2D eigenvalue weighted by molar-refractivity contribution is 5.83. The molecular weight excluding hydrogens is 374 g/mol. The van der Waals surface area contributed by atoms with Crippen molar-refractivity contribution in [2.45, 2.75) is 33.0 Å². The van der Waals surface area contributed by atoms with Crippen LogP contribution in [0.1, 0.15) is 30.5 Å². The van der Waals surface area contributed by atoms with Crippen LogP contribution < -0.4 is 10.4 Å². The Balaban J connectivity index is 1.74. The molecule has 0 aliphatic carbocycles. The van der Waals surface area contributed by atoms with Crippen LogP contribution in [0, 0.1) is 11.3 Å². The van der Waals surface area contributed by atoms with E-state index in [9.17, 15) is 14.7 Å². The van der Waals surface area contributed by atoms with E-state index < -0.39 is 17.7 Å². The second-order valence-electron chi connectivity index (χ2n) is 6.43. The fourth-order valence-corrected chi connectivity index (χ4v) is 2.84. The summed E-state index contributed by atoms with van der Waals surface area (Å²) >= 11 is 0. The van der Waals surface area contributed by atoms with Crippen LogP contribution in [0.4, 0.5) is 0 Å². The summed E-state index contributed by atoms with van der Waals surface area (Å²) in [6.45, 7) is 3.29. The zero-order chi connectivity index (χ0) is 21.0. The number of phenols is 1. The normalized spacial score (nSPS) is 11.6. The van der Waals surface area contributed by atoms with Gasteiger partial charge in [-0.15, -0.1) is 0 Å². The molecule has 0 fully saturated rings. The number of benzene rings is 2. The van der Waals surface area contributed by atoms with Crippen LogP contribution in [0.15, 0.2) is 51.7 Å². The first-order valence-electron chi connectivity index (χ1n) is 9.03. The summed E-state index contributed by atoms with van der Waals surface area (Å²) in [6, 6.07) is 12.7. The van der Waals surface area contributed by atoms with Crippen molar-refractivity contribution < 1.29 is 23.8 Å². The van der Waals surface area contributed by atoms with Crippen molar-refractivity contribution in [3.8, 4) is 17.6 Å². The average Bonchev–Trinajstić information content (AvgIpc) is 2.71. The molecule has 0 unspecified atom stereocenters. The van der Waals surface area contributed by atoms with E-state index in [1.165, 1.54) is 12.1 Å². The molecule has 7 nitrogen and oxygen atoms in total. The Labute approximate surface area is 166 Å². The number of fused-ring (bicyclic) bond motifs is 1. The molecule has 0 aliphatic rings. The Kier molecular flexibility index (Phi) is 5.84. The molecule has 148 valence electrons. The van der Waals surface area contributed by atoms with E-state index in [0.717, 1.165) is 0 Å². The van der Waals surface area contributed by atoms with Gasteiger partial charge in [0.1, 0.15) is 23.7 Å². The molecule has 0 amide bonds. The number of esters is 1. The van der Waals surface area contributed by atoms with E-state index >= 15 is 0 Å². The first-order chi connectivity index (χ1) is 13.9. The fourth-order valence-electron chi connectivity index (χ4n) is 2.84. The molecule has 1 aromatic heterocycles. The molecular formula is C22H19NO6. The third kappa shape index (κ3) is 4.55. The zero-order valence-electron chi connectivity index (χ0n) is 16.0. The molecule has 2 aromatic carbocycles. The van der Waals surface area contributed by atoms with Gasteiger partial charge in [0.05, 0.1) is 11.6 Å². The van der Waals surface area contributed by atoms with Crippen LogP contribution in [-0.2, 0) is 22.6 Å². The van der Waals surface area contributed by atoms with Crippen molar-refractivity contribution in [3.63, 3.8) is 0 Å². The van der Waals surface area contributed by atoms with Crippen LogP contribution in [0.3, 0.4) is 0 Å². The maximum Gasteiger partial charge on any atom is 0.347 e. The largest absolute Gasteiger partial charge is 0.508 e. The highest BCUT2D eigenvalue weighted by Crippen LogP contribution is 2.27. The molecule has 29 heavy (non-hydrogen) atoms. The van der Waals surface area contributed by atoms with E-state index in [-0.39, 0.29) is 17.9 Å². The number of carbonyl (C=O) groups is 1. The number of ether oxygens (including phenoxy) is 2. The summed E-state index contributed by atoms with van der Waals surface area (Å²) in [5.74, 6) is -0.130. The van der Waals surface area contributed by atoms with E-state index in [1.807, 2.05) is 13.0 Å². The number of aryl methyl sites for hydroxylation is 1. The van der Waals surface area contributed by atoms with Crippen LogP contribution in [0.25, 0.3) is 11.0 Å². The topological polar surface area (TPSA) is 110 Å². The number of nitriles is 1. The molecule has 0 saturated carbocycles. The minimum Gasteiger partial charge on any atom is -0.508 e. The van der Waals surface area contributed by atoms with Gasteiger partial charge in [0.2, 0.25) is 0 Å². The molecule has 0 saturated heterocycles. The minimum atomic E-state index is -0.885. The van der Waals surface area contributed by atoms with Gasteiger partial charge in [0, 0.05) is 23.1 Å². The smallest absolute Gasteiger partial charge is 0.347 e. The fraction of sp³-hybridized carbons (Fsp3) is 0.227. The molecule has 7 heteroatoms. The zero-order valence-corrected chi connectivity index (χ0v) is 16.0. The quantitative estimate of drug-likeness (QED) is 0.504. The van der Waals surface area contributed by atoms with Gasteiger partial charge in [-0.3, -0.25) is 0 Å². The maximum atomic E-state index is 12.3. The Bertz CT molecular complexity index is 1140. The summed E-state index contributed by atoms with van der Waals surface area (Å²) in [6.07, 6.45) is -0.292. The lowest BCUT2D eigenvalue weighted by atomic mass is 10.0. The Morgan fingerprint density at radius 3 is 2.59 bits per heavy atom. The molecule has 0 spiro atoms. The lowest BCUT2D eigenvalue weighted by molar-refractivity contribution is -0.152. The first-order valence-corrected chi connectivity index (χ1v) is 9.03. The number of nitrogens with zero attached hydrogens (tertiary/aromatic N) is 1. The van der Waals surface area contributed by atoms with E-state index in [2.05, 4.69) is 0 Å². The van der Waals surface area contributed by atoms with Gasteiger partial charge in [0.15, 0.2) is 6.10 Å². The Morgan fingerprint density at radius 1 is 1.21 bits per heavy atom.